The number of hydrogen-bond acceptors (Lipinski definition) is 4. The molecular formula is C19H22N4O2. The maximum atomic E-state index is 12.7. The van der Waals surface area contributed by atoms with Gasteiger partial charge in [-0.05, 0) is 37.5 Å². The highest BCUT2D eigenvalue weighted by Crippen LogP contribution is 2.25. The van der Waals surface area contributed by atoms with Crippen LogP contribution in [0.25, 0.3) is 0 Å². The molecule has 1 aliphatic heterocycles. The van der Waals surface area contributed by atoms with E-state index in [-0.39, 0.29) is 17.7 Å². The van der Waals surface area contributed by atoms with Gasteiger partial charge in [-0.25, -0.2) is 9.97 Å². The van der Waals surface area contributed by atoms with Crippen molar-refractivity contribution in [3.8, 4) is 0 Å². The number of aromatic nitrogens is 2. The lowest BCUT2D eigenvalue weighted by Gasteiger charge is -2.17. The lowest BCUT2D eigenvalue weighted by atomic mass is 10.0. The monoisotopic (exact) mass is 338 g/mol. The third-order valence-corrected chi connectivity index (χ3v) is 4.22. The fourth-order valence-corrected chi connectivity index (χ4v) is 2.97. The van der Waals surface area contributed by atoms with Gasteiger partial charge in [-0.1, -0.05) is 19.9 Å². The first-order valence-corrected chi connectivity index (χ1v) is 8.51. The quantitative estimate of drug-likeness (QED) is 0.928. The van der Waals surface area contributed by atoms with Crippen LogP contribution in [0.5, 0.6) is 0 Å². The first kappa shape index (κ1) is 17.1. The Morgan fingerprint density at radius 2 is 2.12 bits per heavy atom. The molecule has 0 bridgehead atoms. The highest BCUT2D eigenvalue weighted by Gasteiger charge is 2.22. The van der Waals surface area contributed by atoms with E-state index in [1.165, 1.54) is 0 Å². The molecule has 0 unspecified atom stereocenters. The lowest BCUT2D eigenvalue weighted by Crippen LogP contribution is -2.24. The van der Waals surface area contributed by atoms with Gasteiger partial charge < -0.3 is 10.2 Å². The summed E-state index contributed by atoms with van der Waals surface area (Å²) in [5.74, 6) is 0.650. The van der Waals surface area contributed by atoms with E-state index in [1.807, 2.05) is 45.0 Å². The molecule has 1 aromatic carbocycles. The van der Waals surface area contributed by atoms with Crippen molar-refractivity contribution in [3.05, 3.63) is 47.5 Å². The average molecular weight is 338 g/mol. The number of aryl methyl sites for hydroxylation is 1. The number of rotatable bonds is 4. The zero-order chi connectivity index (χ0) is 18.0. The van der Waals surface area contributed by atoms with Gasteiger partial charge in [0.15, 0.2) is 0 Å². The Bertz CT molecular complexity index is 817. The third kappa shape index (κ3) is 3.68. The summed E-state index contributed by atoms with van der Waals surface area (Å²) < 4.78 is 0. The summed E-state index contributed by atoms with van der Waals surface area (Å²) in [5, 5.41) is 2.89. The Morgan fingerprint density at radius 1 is 1.32 bits per heavy atom. The molecule has 0 spiro atoms. The zero-order valence-corrected chi connectivity index (χ0v) is 14.7. The predicted octanol–water partition coefficient (Wildman–Crippen LogP) is 3.29. The van der Waals surface area contributed by atoms with Crippen LogP contribution in [-0.4, -0.2) is 28.3 Å². The molecule has 1 aromatic heterocycles. The SMILES string of the molecule is Cc1ncc(C(=O)Nc2cccc(N3CCCC3=O)c2)c(C(C)C)n1. The normalized spacial score (nSPS) is 14.2. The number of hydrogen-bond donors (Lipinski definition) is 1. The molecule has 1 aliphatic rings. The minimum absolute atomic E-state index is 0.121. The van der Waals surface area contributed by atoms with Crippen LogP contribution in [0.3, 0.4) is 0 Å². The van der Waals surface area contributed by atoms with Gasteiger partial charge in [-0.2, -0.15) is 0 Å². The van der Waals surface area contributed by atoms with Gasteiger partial charge in [0.1, 0.15) is 5.82 Å². The summed E-state index contributed by atoms with van der Waals surface area (Å²) >= 11 is 0. The molecule has 0 saturated carbocycles. The van der Waals surface area contributed by atoms with Crippen LogP contribution in [0.2, 0.25) is 0 Å². The van der Waals surface area contributed by atoms with E-state index in [4.69, 9.17) is 0 Å². The van der Waals surface area contributed by atoms with Gasteiger partial charge in [0.2, 0.25) is 5.91 Å². The molecule has 2 heterocycles. The molecule has 6 heteroatoms. The van der Waals surface area contributed by atoms with E-state index in [9.17, 15) is 9.59 Å². The van der Waals surface area contributed by atoms with Crippen molar-refractivity contribution < 1.29 is 9.59 Å². The molecule has 130 valence electrons. The molecule has 6 nitrogen and oxygen atoms in total. The second-order valence-corrected chi connectivity index (χ2v) is 6.52. The average Bonchev–Trinajstić information content (AvgIpc) is 3.01. The maximum Gasteiger partial charge on any atom is 0.259 e. The topological polar surface area (TPSA) is 75.2 Å². The fourth-order valence-electron chi connectivity index (χ4n) is 2.97. The predicted molar refractivity (Wildman–Crippen MR) is 96.8 cm³/mol. The van der Waals surface area contributed by atoms with Crippen LogP contribution in [0.1, 0.15) is 54.5 Å². The largest absolute Gasteiger partial charge is 0.322 e. The van der Waals surface area contributed by atoms with Crippen molar-refractivity contribution >= 4 is 23.2 Å². The van der Waals surface area contributed by atoms with Gasteiger partial charge in [0.25, 0.3) is 5.91 Å². The molecular weight excluding hydrogens is 316 g/mol. The van der Waals surface area contributed by atoms with Crippen molar-refractivity contribution in [2.45, 2.75) is 39.5 Å². The zero-order valence-electron chi connectivity index (χ0n) is 14.7. The van der Waals surface area contributed by atoms with Crippen LogP contribution in [0, 0.1) is 6.92 Å². The summed E-state index contributed by atoms with van der Waals surface area (Å²) in [4.78, 5) is 34.9. The van der Waals surface area contributed by atoms with E-state index >= 15 is 0 Å². The van der Waals surface area contributed by atoms with Crippen molar-refractivity contribution in [2.24, 2.45) is 0 Å². The number of amides is 2. The van der Waals surface area contributed by atoms with Crippen LogP contribution >= 0.6 is 0 Å². The second kappa shape index (κ2) is 7.01. The van der Waals surface area contributed by atoms with Crippen molar-refractivity contribution in [2.75, 3.05) is 16.8 Å². The van der Waals surface area contributed by atoms with Crippen LogP contribution in [-0.2, 0) is 4.79 Å². The lowest BCUT2D eigenvalue weighted by molar-refractivity contribution is -0.117. The molecule has 0 radical (unpaired) electrons. The van der Waals surface area contributed by atoms with Crippen LogP contribution in [0.4, 0.5) is 11.4 Å². The summed E-state index contributed by atoms with van der Waals surface area (Å²) in [6.07, 6.45) is 3.02. The Morgan fingerprint density at radius 3 is 2.80 bits per heavy atom. The summed E-state index contributed by atoms with van der Waals surface area (Å²) in [6, 6.07) is 7.36. The van der Waals surface area contributed by atoms with Gasteiger partial charge in [0, 0.05) is 30.5 Å². The molecule has 25 heavy (non-hydrogen) atoms. The molecule has 1 fully saturated rings. The van der Waals surface area contributed by atoms with E-state index in [1.54, 1.807) is 11.1 Å². The van der Waals surface area contributed by atoms with E-state index in [0.717, 1.165) is 24.3 Å². The second-order valence-electron chi connectivity index (χ2n) is 6.52. The minimum Gasteiger partial charge on any atom is -0.322 e. The highest BCUT2D eigenvalue weighted by atomic mass is 16.2. The first-order valence-electron chi connectivity index (χ1n) is 8.51. The standard InChI is InChI=1S/C19H22N4O2/c1-12(2)18-16(11-20-13(3)21-18)19(25)22-14-6-4-7-15(10-14)23-9-5-8-17(23)24/h4,6-7,10-12H,5,8-9H2,1-3H3,(H,22,25). The van der Waals surface area contributed by atoms with Crippen molar-refractivity contribution in [1.82, 2.24) is 9.97 Å². The number of carbonyl (C=O) groups is 2. The fraction of sp³-hybridized carbons (Fsp3) is 0.368. The van der Waals surface area contributed by atoms with Gasteiger partial charge in [0.05, 0.1) is 11.3 Å². The van der Waals surface area contributed by atoms with E-state index < -0.39 is 0 Å². The third-order valence-electron chi connectivity index (χ3n) is 4.22. The van der Waals surface area contributed by atoms with E-state index in [0.29, 0.717) is 23.5 Å². The molecule has 3 rings (SSSR count). The summed E-state index contributed by atoms with van der Waals surface area (Å²) in [6.45, 7) is 6.53. The Balaban J connectivity index is 1.83. The Hall–Kier alpha value is -2.76. The molecule has 1 saturated heterocycles. The van der Waals surface area contributed by atoms with Crippen LogP contribution < -0.4 is 10.2 Å². The van der Waals surface area contributed by atoms with Gasteiger partial charge >= 0.3 is 0 Å². The molecule has 1 N–H and O–H groups in total. The molecule has 2 amide bonds. The smallest absolute Gasteiger partial charge is 0.259 e. The van der Waals surface area contributed by atoms with Gasteiger partial charge in [-0.3, -0.25) is 9.59 Å². The number of nitrogens with zero attached hydrogens (tertiary/aromatic N) is 3. The molecule has 0 atom stereocenters. The number of nitrogens with one attached hydrogen (secondary N) is 1. The first-order chi connectivity index (χ1) is 12.0. The summed E-state index contributed by atoms with van der Waals surface area (Å²) in [5.41, 5.74) is 2.67. The highest BCUT2D eigenvalue weighted by molar-refractivity contribution is 6.05. The van der Waals surface area contributed by atoms with Gasteiger partial charge in [-0.15, -0.1) is 0 Å². The Labute approximate surface area is 147 Å². The molecule has 0 aliphatic carbocycles. The number of anilines is 2. The van der Waals surface area contributed by atoms with Crippen LogP contribution in [0.15, 0.2) is 30.5 Å². The number of carbonyl (C=O) groups excluding carboxylic acids is 2. The van der Waals surface area contributed by atoms with E-state index in [2.05, 4.69) is 15.3 Å². The maximum absolute atomic E-state index is 12.7. The molecule has 2 aromatic rings. The van der Waals surface area contributed by atoms with Crippen molar-refractivity contribution in [1.29, 1.82) is 0 Å². The number of benzene rings is 1. The summed E-state index contributed by atoms with van der Waals surface area (Å²) in [7, 11) is 0. The Kier molecular flexibility index (Phi) is 4.79. The van der Waals surface area contributed by atoms with Crippen molar-refractivity contribution in [3.63, 3.8) is 0 Å². The minimum atomic E-state index is -0.242.